The molecule has 0 saturated carbocycles. The smallest absolute Gasteiger partial charge is 0.165 e. The Hall–Kier alpha value is -1.89. The lowest BCUT2D eigenvalue weighted by atomic mass is 10.2. The maximum absolute atomic E-state index is 6.26. The maximum atomic E-state index is 6.26. The Morgan fingerprint density at radius 1 is 1.08 bits per heavy atom. The zero-order chi connectivity index (χ0) is 16.9. The molecule has 0 amide bonds. The van der Waals surface area contributed by atoms with E-state index >= 15 is 0 Å². The summed E-state index contributed by atoms with van der Waals surface area (Å²) in [5, 5.41) is 4.52. The predicted molar refractivity (Wildman–Crippen MR) is 96.8 cm³/mol. The van der Waals surface area contributed by atoms with Gasteiger partial charge in [0.05, 0.1) is 12.9 Å². The summed E-state index contributed by atoms with van der Waals surface area (Å²) in [5.74, 6) is 1.46. The number of unbranched alkanes of at least 4 members (excludes halogenated alkanes) is 1. The minimum atomic E-state index is 0.480. The van der Waals surface area contributed by atoms with Gasteiger partial charge in [-0.05, 0) is 31.5 Å². The Morgan fingerprint density at radius 2 is 1.88 bits per heavy atom. The van der Waals surface area contributed by atoms with Gasteiger partial charge in [0, 0.05) is 22.2 Å². The van der Waals surface area contributed by atoms with Gasteiger partial charge in [-0.25, -0.2) is 15.0 Å². The van der Waals surface area contributed by atoms with E-state index in [9.17, 15) is 0 Å². The zero-order valence-electron chi connectivity index (χ0n) is 13.0. The molecule has 3 N–H and O–H groups in total. The molecular weight excluding hydrogens is 347 g/mol. The molecule has 1 aromatic carbocycles. The van der Waals surface area contributed by atoms with Crippen LogP contribution in [0.2, 0.25) is 10.0 Å². The van der Waals surface area contributed by atoms with Gasteiger partial charge in [0.2, 0.25) is 0 Å². The molecule has 2 aliphatic heterocycles. The molecule has 3 rings (SSSR count). The third-order valence-electron chi connectivity index (χ3n) is 3.71. The Bertz CT molecular complexity index is 768. The van der Waals surface area contributed by atoms with Gasteiger partial charge in [0.15, 0.2) is 17.3 Å². The molecule has 126 valence electrons. The van der Waals surface area contributed by atoms with Gasteiger partial charge < -0.3 is 15.6 Å². The van der Waals surface area contributed by atoms with Gasteiger partial charge in [-0.3, -0.25) is 0 Å². The minimum absolute atomic E-state index is 0.480. The molecule has 6 nitrogen and oxygen atoms in total. The highest BCUT2D eigenvalue weighted by molar-refractivity contribution is 6.35. The first-order valence-corrected chi connectivity index (χ1v) is 8.49. The molecule has 2 aliphatic rings. The van der Waals surface area contributed by atoms with Crippen LogP contribution in [0.3, 0.4) is 0 Å². The van der Waals surface area contributed by atoms with Gasteiger partial charge in [-0.2, -0.15) is 0 Å². The van der Waals surface area contributed by atoms with E-state index in [1.165, 1.54) is 6.33 Å². The average Bonchev–Trinajstić information content (AvgIpc) is 3.06. The molecule has 0 fully saturated rings. The second-order valence-corrected chi connectivity index (χ2v) is 6.20. The maximum Gasteiger partial charge on any atom is 0.165 e. The summed E-state index contributed by atoms with van der Waals surface area (Å²) in [6, 6.07) is 5.46. The normalized spacial score (nSPS) is 11.1. The van der Waals surface area contributed by atoms with Crippen LogP contribution < -0.4 is 11.1 Å². The fraction of sp³-hybridized carbons (Fsp3) is 0.312. The standard InChI is InChI=1S/C16H18Cl2N6/c17-12-4-3-5-13(18)11(12)8-24-10-23-15(20-7-2-1-6-19)14-16(24)22-9-21-14/h3-5,9-10,20H,1-2,6-8,19H2. The van der Waals surface area contributed by atoms with Gasteiger partial charge >= 0.3 is 0 Å². The van der Waals surface area contributed by atoms with Gasteiger partial charge in [-0.15, -0.1) is 0 Å². The molecule has 1 aromatic rings. The number of rotatable bonds is 7. The Kier molecular flexibility index (Phi) is 5.50. The van der Waals surface area contributed by atoms with Crippen LogP contribution in [0.1, 0.15) is 18.4 Å². The first-order valence-electron chi connectivity index (χ1n) is 7.73. The predicted octanol–water partition coefficient (Wildman–Crippen LogP) is 3.28. The number of halogens is 2. The van der Waals surface area contributed by atoms with Crippen molar-refractivity contribution >= 4 is 29.0 Å². The van der Waals surface area contributed by atoms with Crippen molar-refractivity contribution in [1.82, 2.24) is 19.5 Å². The van der Waals surface area contributed by atoms with Crippen molar-refractivity contribution < 1.29 is 0 Å². The van der Waals surface area contributed by atoms with Gasteiger partial charge in [0.25, 0.3) is 0 Å². The molecule has 0 spiro atoms. The molecule has 24 heavy (non-hydrogen) atoms. The average molecular weight is 365 g/mol. The molecule has 0 unspecified atom stereocenters. The SMILES string of the molecule is NCCCCNc1ncn(Cc2c(Cl)cccc2Cl)c2ncnc1-2. The number of aromatic nitrogens is 4. The van der Waals surface area contributed by atoms with E-state index < -0.39 is 0 Å². The number of imidazole rings is 1. The second-order valence-electron chi connectivity index (χ2n) is 5.39. The molecule has 0 saturated heterocycles. The summed E-state index contributed by atoms with van der Waals surface area (Å²) in [7, 11) is 0. The third kappa shape index (κ3) is 3.61. The number of anilines is 1. The van der Waals surface area contributed by atoms with Crippen LogP contribution in [-0.4, -0.2) is 32.6 Å². The van der Waals surface area contributed by atoms with Crippen LogP contribution in [0.25, 0.3) is 11.5 Å². The highest BCUT2D eigenvalue weighted by Crippen LogP contribution is 2.29. The topological polar surface area (TPSA) is 81.6 Å². The molecule has 2 heterocycles. The van der Waals surface area contributed by atoms with Crippen LogP contribution in [0.15, 0.2) is 30.9 Å². The lowest BCUT2D eigenvalue weighted by molar-refractivity contribution is 0.752. The number of hydrogen-bond acceptors (Lipinski definition) is 5. The molecule has 0 atom stereocenters. The lowest BCUT2D eigenvalue weighted by Gasteiger charge is -2.15. The van der Waals surface area contributed by atoms with E-state index in [-0.39, 0.29) is 0 Å². The van der Waals surface area contributed by atoms with E-state index in [1.54, 1.807) is 6.33 Å². The van der Waals surface area contributed by atoms with Crippen molar-refractivity contribution in [3.05, 3.63) is 46.5 Å². The summed E-state index contributed by atoms with van der Waals surface area (Å²) in [6.07, 6.45) is 5.21. The number of hydrogen-bond donors (Lipinski definition) is 2. The molecule has 8 heteroatoms. The Morgan fingerprint density at radius 3 is 2.62 bits per heavy atom. The van der Waals surface area contributed by atoms with Crippen LogP contribution in [0, 0.1) is 0 Å². The lowest BCUT2D eigenvalue weighted by Crippen LogP contribution is -2.12. The summed E-state index contributed by atoms with van der Waals surface area (Å²) in [4.78, 5) is 13.1. The first kappa shape index (κ1) is 17.0. The van der Waals surface area contributed by atoms with Crippen molar-refractivity contribution in [3.63, 3.8) is 0 Å². The van der Waals surface area contributed by atoms with E-state index in [1.807, 2.05) is 22.8 Å². The monoisotopic (exact) mass is 364 g/mol. The van der Waals surface area contributed by atoms with Gasteiger partial charge in [-0.1, -0.05) is 29.3 Å². The van der Waals surface area contributed by atoms with E-state index in [0.29, 0.717) is 23.1 Å². The molecular formula is C16H18Cl2N6. The number of benzene rings is 1. The number of nitrogens with zero attached hydrogens (tertiary/aromatic N) is 4. The molecule has 0 radical (unpaired) electrons. The molecule has 0 aliphatic carbocycles. The zero-order valence-corrected chi connectivity index (χ0v) is 14.6. The van der Waals surface area contributed by atoms with Crippen molar-refractivity contribution in [2.75, 3.05) is 18.4 Å². The fourth-order valence-electron chi connectivity index (χ4n) is 2.46. The van der Waals surface area contributed by atoms with Crippen molar-refractivity contribution in [3.8, 4) is 11.5 Å². The third-order valence-corrected chi connectivity index (χ3v) is 4.42. The van der Waals surface area contributed by atoms with Crippen molar-refractivity contribution in [2.45, 2.75) is 19.4 Å². The molecule has 0 bridgehead atoms. The van der Waals surface area contributed by atoms with E-state index in [0.717, 1.165) is 42.3 Å². The Labute approximate surface area is 150 Å². The highest BCUT2D eigenvalue weighted by atomic mass is 35.5. The van der Waals surface area contributed by atoms with Crippen molar-refractivity contribution in [2.24, 2.45) is 5.73 Å². The van der Waals surface area contributed by atoms with Crippen LogP contribution in [0.4, 0.5) is 5.82 Å². The minimum Gasteiger partial charge on any atom is -0.368 e. The van der Waals surface area contributed by atoms with Crippen LogP contribution in [0.5, 0.6) is 0 Å². The first-order chi connectivity index (χ1) is 11.7. The van der Waals surface area contributed by atoms with Crippen LogP contribution >= 0.6 is 23.2 Å². The summed E-state index contributed by atoms with van der Waals surface area (Å²) >= 11 is 12.5. The summed E-state index contributed by atoms with van der Waals surface area (Å²) in [6.45, 7) is 1.97. The van der Waals surface area contributed by atoms with Gasteiger partial charge in [0.1, 0.15) is 6.33 Å². The van der Waals surface area contributed by atoms with E-state index in [2.05, 4.69) is 20.3 Å². The Balaban J connectivity index is 1.84. The summed E-state index contributed by atoms with van der Waals surface area (Å²) in [5.41, 5.74) is 7.07. The second kappa shape index (κ2) is 7.79. The fourth-order valence-corrected chi connectivity index (χ4v) is 2.97. The molecule has 0 aromatic heterocycles. The quantitative estimate of drug-likeness (QED) is 0.628. The number of nitrogens with two attached hydrogens (primary N) is 1. The van der Waals surface area contributed by atoms with Crippen molar-refractivity contribution in [1.29, 1.82) is 0 Å². The number of fused-ring (bicyclic) bond motifs is 1. The largest absolute Gasteiger partial charge is 0.368 e. The highest BCUT2D eigenvalue weighted by Gasteiger charge is 2.18. The number of nitrogens with one attached hydrogen (secondary N) is 1. The van der Waals surface area contributed by atoms with Crippen LogP contribution in [-0.2, 0) is 6.54 Å². The summed E-state index contributed by atoms with van der Waals surface area (Å²) < 4.78 is 1.89. The van der Waals surface area contributed by atoms with E-state index in [4.69, 9.17) is 28.9 Å².